The van der Waals surface area contributed by atoms with Crippen molar-refractivity contribution in [3.8, 4) is 0 Å². The van der Waals surface area contributed by atoms with Crippen LogP contribution in [0.3, 0.4) is 0 Å². The van der Waals surface area contributed by atoms with E-state index in [1.807, 2.05) is 0 Å². The molecule has 0 nitrogen and oxygen atoms in total. The van der Waals surface area contributed by atoms with E-state index in [1.54, 1.807) is 54.9 Å². The number of benzene rings is 7. The first-order valence-electron chi connectivity index (χ1n) is 21.6. The Hall–Kier alpha value is -4.37. The monoisotopic (exact) mass is 922 g/mol. The molecule has 0 aromatic heterocycles. The molecular weight excluding hydrogens is 867 g/mol. The average Bonchev–Trinajstić information content (AvgIpc) is 3.73. The maximum absolute atomic E-state index is 3.69. The van der Waals surface area contributed by atoms with Crippen molar-refractivity contribution in [2.24, 2.45) is 0 Å². The molecule has 0 fully saturated rings. The zero-order valence-electron chi connectivity index (χ0n) is 34.3. The van der Waals surface area contributed by atoms with Crippen molar-refractivity contribution in [1.82, 2.24) is 0 Å². The molecule has 2 atom stereocenters. The van der Waals surface area contributed by atoms with Crippen LogP contribution in [0.5, 0.6) is 0 Å². The molecule has 0 saturated heterocycles. The van der Waals surface area contributed by atoms with E-state index in [1.165, 1.54) is 71.9 Å². The van der Waals surface area contributed by atoms with Crippen molar-refractivity contribution in [2.75, 3.05) is 0 Å². The summed E-state index contributed by atoms with van der Waals surface area (Å²) in [6.45, 7) is 12.8. The number of unbranched alkanes of at least 4 members (excludes halogenated alkanes) is 2. The molecule has 2 unspecified atom stereocenters. The van der Waals surface area contributed by atoms with E-state index in [-0.39, 0.29) is 0 Å². The minimum absolute atomic E-state index is 0.523. The fourth-order valence-electron chi connectivity index (χ4n) is 12.3. The van der Waals surface area contributed by atoms with Gasteiger partial charge in [-0.2, -0.15) is 0 Å². The van der Waals surface area contributed by atoms with Crippen LogP contribution in [0.15, 0.2) is 163 Å². The second-order valence-corrected chi connectivity index (χ2v) is 38.0. The zero-order valence-corrected chi connectivity index (χ0v) is 38.9. The van der Waals surface area contributed by atoms with Gasteiger partial charge in [-0.3, -0.25) is 0 Å². The van der Waals surface area contributed by atoms with Gasteiger partial charge in [0, 0.05) is 0 Å². The molecule has 0 saturated carbocycles. The van der Waals surface area contributed by atoms with Crippen LogP contribution in [0.4, 0.5) is 0 Å². The SMILES string of the molecule is CCC[CH2][Hf]1([CH2]CCC)[CH]2C(C)=C(c3cccc4ccccc34)c3c2cccc3[Si](C)(c2ccccc2)c2cccc3c2C(c2cccc4ccccc24)=C(C)[CH]31. The third-order valence-electron chi connectivity index (χ3n) is 14.7. The van der Waals surface area contributed by atoms with E-state index < -0.39 is 28.0 Å². The maximum atomic E-state index is 2.70. The van der Waals surface area contributed by atoms with Crippen molar-refractivity contribution in [3.05, 3.63) is 196 Å². The molecule has 57 heavy (non-hydrogen) atoms. The van der Waals surface area contributed by atoms with Crippen LogP contribution in [0.25, 0.3) is 32.7 Å². The summed E-state index contributed by atoms with van der Waals surface area (Å²) in [4.78, 5) is 0. The van der Waals surface area contributed by atoms with Crippen molar-refractivity contribution in [3.63, 3.8) is 0 Å². The summed E-state index contributed by atoms with van der Waals surface area (Å²) >= 11 is -3.69. The van der Waals surface area contributed by atoms with Crippen molar-refractivity contribution >= 4 is 56.3 Å². The topological polar surface area (TPSA) is 0 Å². The molecule has 0 amide bonds. The van der Waals surface area contributed by atoms with Gasteiger partial charge in [0.1, 0.15) is 0 Å². The second kappa shape index (κ2) is 14.5. The van der Waals surface area contributed by atoms with Gasteiger partial charge in [-0.15, -0.1) is 0 Å². The molecule has 7 aromatic carbocycles. The summed E-state index contributed by atoms with van der Waals surface area (Å²) in [7, 11) is -2.68. The van der Waals surface area contributed by atoms with Gasteiger partial charge in [0.05, 0.1) is 0 Å². The Morgan fingerprint density at radius 2 is 0.895 bits per heavy atom. The number of fused-ring (bicyclic) bond motifs is 2. The van der Waals surface area contributed by atoms with E-state index in [0.29, 0.717) is 7.35 Å². The fraction of sp³-hybridized carbons (Fsp3) is 0.236. The Kier molecular flexibility index (Phi) is 9.38. The van der Waals surface area contributed by atoms with Crippen LogP contribution in [-0.4, -0.2) is 8.07 Å². The Morgan fingerprint density at radius 1 is 0.474 bits per heavy atom. The zero-order chi connectivity index (χ0) is 38.9. The summed E-state index contributed by atoms with van der Waals surface area (Å²) in [6, 6.07) is 59.6. The second-order valence-electron chi connectivity index (χ2n) is 17.5. The predicted molar refractivity (Wildman–Crippen MR) is 246 cm³/mol. The fourth-order valence-corrected chi connectivity index (χ4v) is 43.4. The summed E-state index contributed by atoms with van der Waals surface area (Å²) in [5.41, 5.74) is 15.9. The van der Waals surface area contributed by atoms with Gasteiger partial charge in [-0.1, -0.05) is 0 Å². The molecule has 3 aliphatic rings. The molecular formula is C55H54HfSi. The average molecular weight is 922 g/mol. The number of allylic oxidation sites excluding steroid dienone is 2. The van der Waals surface area contributed by atoms with E-state index >= 15 is 0 Å². The predicted octanol–water partition coefficient (Wildman–Crippen LogP) is 13.5. The van der Waals surface area contributed by atoms with E-state index in [0.717, 1.165) is 0 Å². The normalized spacial score (nSPS) is 20.5. The third-order valence-corrected chi connectivity index (χ3v) is 42.0. The van der Waals surface area contributed by atoms with Crippen molar-refractivity contribution < 1.29 is 20.0 Å². The van der Waals surface area contributed by atoms with Crippen LogP contribution < -0.4 is 15.6 Å². The first-order chi connectivity index (χ1) is 27.9. The molecule has 1 heterocycles. The summed E-state index contributed by atoms with van der Waals surface area (Å²) in [5.74, 6) is 0. The van der Waals surface area contributed by atoms with Gasteiger partial charge in [0.25, 0.3) is 0 Å². The number of hydrogen-bond donors (Lipinski definition) is 0. The van der Waals surface area contributed by atoms with Gasteiger partial charge in [-0.05, 0) is 0 Å². The van der Waals surface area contributed by atoms with Gasteiger partial charge in [-0.25, -0.2) is 0 Å². The van der Waals surface area contributed by atoms with Gasteiger partial charge in [0.2, 0.25) is 0 Å². The Balaban J connectivity index is 1.42. The van der Waals surface area contributed by atoms with Crippen molar-refractivity contribution in [2.45, 2.75) is 75.6 Å². The Bertz CT molecular complexity index is 2590. The molecule has 8 bridgehead atoms. The molecule has 2 heteroatoms. The third kappa shape index (κ3) is 5.39. The quantitative estimate of drug-likeness (QED) is 0.127. The van der Waals surface area contributed by atoms with Crippen LogP contribution >= 0.6 is 0 Å². The van der Waals surface area contributed by atoms with Crippen molar-refractivity contribution in [1.29, 1.82) is 0 Å². The van der Waals surface area contributed by atoms with Crippen LogP contribution in [-0.2, 0) is 20.0 Å². The molecule has 2 aliphatic carbocycles. The molecule has 0 radical (unpaired) electrons. The van der Waals surface area contributed by atoms with Crippen LogP contribution in [0.2, 0.25) is 14.9 Å². The number of hydrogen-bond acceptors (Lipinski definition) is 0. The first-order valence-corrected chi connectivity index (χ1v) is 33.4. The number of rotatable bonds is 9. The van der Waals surface area contributed by atoms with E-state index in [2.05, 4.69) is 186 Å². The molecule has 282 valence electrons. The molecule has 0 N–H and O–H groups in total. The Labute approximate surface area is 345 Å². The van der Waals surface area contributed by atoms with Crippen LogP contribution in [0.1, 0.15) is 94.1 Å². The van der Waals surface area contributed by atoms with Gasteiger partial charge in [0.15, 0.2) is 0 Å². The molecule has 0 spiro atoms. The molecule has 10 rings (SSSR count). The Morgan fingerprint density at radius 3 is 1.37 bits per heavy atom. The minimum atomic E-state index is -3.69. The summed E-state index contributed by atoms with van der Waals surface area (Å²) < 4.78 is 3.91. The van der Waals surface area contributed by atoms with Crippen LogP contribution in [0, 0.1) is 0 Å². The summed E-state index contributed by atoms with van der Waals surface area (Å²) in [5, 5.41) is 10.1. The first kappa shape index (κ1) is 36.9. The van der Waals surface area contributed by atoms with Gasteiger partial charge < -0.3 is 0 Å². The summed E-state index contributed by atoms with van der Waals surface area (Å²) in [6.07, 6.45) is 5.16. The van der Waals surface area contributed by atoms with E-state index in [9.17, 15) is 0 Å². The standard InChI is InChI=1S/C47H36Si.2C4H9.Hf/c1-31-29-35-19-13-27-42(46(35)44(31)40-25-11-17-33-15-7-9-23-38(33)40)48(3,37-21-5-4-6-22-37)43-28-14-20-36-30-32(2)45(47(36)43)41-26-12-18-34-16-8-10-24-39(34)41;2*1-3-4-2;/h4-30H,1-3H3;2*1,3-4H2,2H3;. The van der Waals surface area contributed by atoms with E-state index in [4.69, 9.17) is 0 Å². The van der Waals surface area contributed by atoms with Gasteiger partial charge >= 0.3 is 348 Å². The molecule has 7 aromatic rings. The molecule has 1 aliphatic heterocycles.